The lowest BCUT2D eigenvalue weighted by Crippen LogP contribution is -2.51. The first-order valence-electron chi connectivity index (χ1n) is 11.2. The summed E-state index contributed by atoms with van der Waals surface area (Å²) in [6, 6.07) is 2.31. The Labute approximate surface area is 169 Å². The third-order valence-corrected chi connectivity index (χ3v) is 9.15. The Balaban J connectivity index is 1.45. The van der Waals surface area contributed by atoms with Gasteiger partial charge in [-0.05, 0) is 103 Å². The fourth-order valence-corrected chi connectivity index (χ4v) is 7.62. The lowest BCUT2D eigenvalue weighted by Gasteiger charge is -2.58. The Bertz CT molecular complexity index is 830. The number of pyridine rings is 1. The molecule has 5 rings (SSSR count). The fraction of sp³-hybridized carbons (Fsp3) is 0.680. The monoisotopic (exact) mass is 379 g/mol. The molecule has 0 spiro atoms. The lowest BCUT2D eigenvalue weighted by atomic mass is 9.46. The lowest BCUT2D eigenvalue weighted by molar-refractivity contribution is -0.143. The van der Waals surface area contributed by atoms with Crippen molar-refractivity contribution >= 4 is 11.5 Å². The maximum atomic E-state index is 12.1. The summed E-state index contributed by atoms with van der Waals surface area (Å²) in [7, 11) is 0. The average Bonchev–Trinajstić information content (AvgIpc) is 2.93. The smallest absolute Gasteiger partial charge is 0.306 e. The van der Waals surface area contributed by atoms with Crippen LogP contribution in [0, 0.1) is 41.4 Å². The molecule has 150 valence electrons. The summed E-state index contributed by atoms with van der Waals surface area (Å²) < 4.78 is 5.48. The molecule has 3 aliphatic carbocycles. The zero-order valence-corrected chi connectivity index (χ0v) is 17.5. The summed E-state index contributed by atoms with van der Waals surface area (Å²) >= 11 is 0. The van der Waals surface area contributed by atoms with E-state index >= 15 is 0 Å². The largest absolute Gasteiger partial charge is 0.466 e. The highest BCUT2D eigenvalue weighted by Gasteiger charge is 2.58. The van der Waals surface area contributed by atoms with Gasteiger partial charge in [-0.3, -0.25) is 9.78 Å². The van der Waals surface area contributed by atoms with Crippen LogP contribution in [0.1, 0.15) is 69.9 Å². The van der Waals surface area contributed by atoms with E-state index in [0.29, 0.717) is 18.9 Å². The normalized spacial score (nSPS) is 42.5. The van der Waals surface area contributed by atoms with E-state index in [4.69, 9.17) is 4.74 Å². The van der Waals surface area contributed by atoms with Crippen molar-refractivity contribution in [3.8, 4) is 0 Å². The van der Waals surface area contributed by atoms with E-state index in [9.17, 15) is 4.79 Å². The SMILES string of the molecule is Cc1cncc(C2=CCC3C4CCC5CC(=O)OCCC5(C)C4CCC23C)c1. The average molecular weight is 380 g/mol. The predicted molar refractivity (Wildman–Crippen MR) is 110 cm³/mol. The highest BCUT2D eigenvalue weighted by molar-refractivity contribution is 5.73. The van der Waals surface area contributed by atoms with E-state index < -0.39 is 0 Å². The van der Waals surface area contributed by atoms with E-state index in [2.05, 4.69) is 44.1 Å². The minimum Gasteiger partial charge on any atom is -0.466 e. The Kier molecular flexibility index (Phi) is 4.23. The van der Waals surface area contributed by atoms with Gasteiger partial charge in [-0.1, -0.05) is 19.9 Å². The van der Waals surface area contributed by atoms with Gasteiger partial charge in [0.05, 0.1) is 6.61 Å². The molecular weight excluding hydrogens is 346 g/mol. The van der Waals surface area contributed by atoms with Crippen molar-refractivity contribution in [3.05, 3.63) is 35.7 Å². The predicted octanol–water partition coefficient (Wildman–Crippen LogP) is 5.58. The van der Waals surface area contributed by atoms with E-state index in [1.54, 1.807) is 5.57 Å². The van der Waals surface area contributed by atoms with Crippen molar-refractivity contribution in [2.75, 3.05) is 6.61 Å². The number of ether oxygens (including phenoxy) is 1. The molecule has 4 aliphatic rings. The van der Waals surface area contributed by atoms with Gasteiger partial charge < -0.3 is 4.74 Å². The van der Waals surface area contributed by atoms with Crippen LogP contribution in [0.3, 0.4) is 0 Å². The van der Waals surface area contributed by atoms with Crippen molar-refractivity contribution in [2.24, 2.45) is 34.5 Å². The van der Waals surface area contributed by atoms with Crippen LogP contribution in [0.4, 0.5) is 0 Å². The molecule has 2 saturated carbocycles. The van der Waals surface area contributed by atoms with Gasteiger partial charge in [-0.2, -0.15) is 0 Å². The topological polar surface area (TPSA) is 39.2 Å². The van der Waals surface area contributed by atoms with Crippen LogP contribution in [-0.4, -0.2) is 17.6 Å². The number of allylic oxidation sites excluding steroid dienone is 2. The molecule has 3 nitrogen and oxygen atoms in total. The number of aryl methyl sites for hydroxylation is 1. The molecule has 0 bridgehead atoms. The van der Waals surface area contributed by atoms with Crippen molar-refractivity contribution in [1.82, 2.24) is 4.98 Å². The second-order valence-electron chi connectivity index (χ2n) is 10.4. The molecule has 1 saturated heterocycles. The minimum absolute atomic E-state index is 0.0320. The summed E-state index contributed by atoms with van der Waals surface area (Å²) in [5.74, 6) is 2.80. The Morgan fingerprint density at radius 1 is 1.11 bits per heavy atom. The Hall–Kier alpha value is -1.64. The number of aromatic nitrogens is 1. The molecule has 3 fully saturated rings. The summed E-state index contributed by atoms with van der Waals surface area (Å²) in [5, 5.41) is 0. The number of nitrogens with zero attached hydrogens (tertiary/aromatic N) is 1. The number of fused-ring (bicyclic) bond motifs is 5. The summed E-state index contributed by atoms with van der Waals surface area (Å²) in [5.41, 5.74) is 4.66. The number of hydrogen-bond donors (Lipinski definition) is 0. The highest BCUT2D eigenvalue weighted by Crippen LogP contribution is 2.66. The van der Waals surface area contributed by atoms with Crippen LogP contribution < -0.4 is 0 Å². The first-order chi connectivity index (χ1) is 13.4. The number of hydrogen-bond acceptors (Lipinski definition) is 3. The summed E-state index contributed by atoms with van der Waals surface area (Å²) in [6.07, 6.45) is 14.5. The molecule has 0 aromatic carbocycles. The Morgan fingerprint density at radius 2 is 1.96 bits per heavy atom. The molecule has 2 heterocycles. The standard InChI is InChI=1S/C25H33NO2/c1-16-12-17(15-26-14-16)20-6-7-21-19-5-4-18-13-23(27)28-11-10-24(18,2)22(19)8-9-25(20,21)3/h6,12,14-15,18-19,21-22H,4-5,7-11,13H2,1-3H3. The minimum atomic E-state index is 0.0320. The van der Waals surface area contributed by atoms with E-state index in [1.165, 1.54) is 43.2 Å². The number of cyclic esters (lactones) is 1. The van der Waals surface area contributed by atoms with Crippen molar-refractivity contribution in [1.29, 1.82) is 0 Å². The van der Waals surface area contributed by atoms with E-state index in [-0.39, 0.29) is 16.8 Å². The zero-order valence-electron chi connectivity index (χ0n) is 17.5. The van der Waals surface area contributed by atoms with E-state index in [0.717, 1.165) is 24.2 Å². The maximum Gasteiger partial charge on any atom is 0.306 e. The van der Waals surface area contributed by atoms with Gasteiger partial charge in [0, 0.05) is 18.8 Å². The molecule has 0 N–H and O–H groups in total. The van der Waals surface area contributed by atoms with Crippen LogP contribution in [0.2, 0.25) is 0 Å². The third kappa shape index (κ3) is 2.61. The van der Waals surface area contributed by atoms with Crippen LogP contribution in [0.25, 0.3) is 5.57 Å². The van der Waals surface area contributed by atoms with Gasteiger partial charge in [0.25, 0.3) is 0 Å². The van der Waals surface area contributed by atoms with Gasteiger partial charge in [-0.25, -0.2) is 0 Å². The second-order valence-corrected chi connectivity index (χ2v) is 10.4. The first-order valence-corrected chi connectivity index (χ1v) is 11.2. The number of carbonyl (C=O) groups excluding carboxylic acids is 1. The third-order valence-electron chi connectivity index (χ3n) is 9.15. The van der Waals surface area contributed by atoms with Crippen LogP contribution in [0.5, 0.6) is 0 Å². The molecule has 6 atom stereocenters. The highest BCUT2D eigenvalue weighted by atomic mass is 16.5. The molecule has 0 radical (unpaired) electrons. The van der Waals surface area contributed by atoms with Crippen LogP contribution in [-0.2, 0) is 9.53 Å². The summed E-state index contributed by atoms with van der Waals surface area (Å²) in [4.78, 5) is 16.5. The molecule has 28 heavy (non-hydrogen) atoms. The summed E-state index contributed by atoms with van der Waals surface area (Å²) in [6.45, 7) is 7.76. The van der Waals surface area contributed by atoms with E-state index in [1.807, 2.05) is 6.20 Å². The maximum absolute atomic E-state index is 12.1. The molecule has 3 heteroatoms. The molecular formula is C25H33NO2. The van der Waals surface area contributed by atoms with Gasteiger partial charge in [-0.15, -0.1) is 0 Å². The number of esters is 1. The van der Waals surface area contributed by atoms with Crippen LogP contribution in [0.15, 0.2) is 24.5 Å². The Morgan fingerprint density at radius 3 is 2.79 bits per heavy atom. The van der Waals surface area contributed by atoms with Crippen molar-refractivity contribution in [2.45, 2.75) is 65.7 Å². The van der Waals surface area contributed by atoms with Gasteiger partial charge in [0.1, 0.15) is 0 Å². The van der Waals surface area contributed by atoms with Crippen LogP contribution >= 0.6 is 0 Å². The molecule has 0 amide bonds. The van der Waals surface area contributed by atoms with Gasteiger partial charge in [0.15, 0.2) is 0 Å². The molecule has 1 aromatic heterocycles. The number of carbonyl (C=O) groups is 1. The van der Waals surface area contributed by atoms with Gasteiger partial charge >= 0.3 is 5.97 Å². The quantitative estimate of drug-likeness (QED) is 0.598. The van der Waals surface area contributed by atoms with Crippen molar-refractivity contribution < 1.29 is 9.53 Å². The molecule has 1 aliphatic heterocycles. The van der Waals surface area contributed by atoms with Gasteiger partial charge in [0.2, 0.25) is 0 Å². The van der Waals surface area contributed by atoms with Crippen molar-refractivity contribution in [3.63, 3.8) is 0 Å². The zero-order chi connectivity index (χ0) is 19.5. The fourth-order valence-electron chi connectivity index (χ4n) is 7.62. The molecule has 1 aromatic rings. The second kappa shape index (κ2) is 6.43. The number of rotatable bonds is 1. The molecule has 6 unspecified atom stereocenters. The first kappa shape index (κ1) is 18.4.